The maximum atomic E-state index is 5.55. The van der Waals surface area contributed by atoms with Crippen LogP contribution in [0.1, 0.15) is 25.8 Å². The number of nitrogens with one attached hydrogen (secondary N) is 2. The zero-order valence-corrected chi connectivity index (χ0v) is 17.5. The zero-order chi connectivity index (χ0) is 15.5. The maximum absolute atomic E-state index is 5.55. The molecular weight excluding hydrogens is 457 g/mol. The highest BCUT2D eigenvalue weighted by Crippen LogP contribution is 2.10. The largest absolute Gasteiger partial charge is 0.381 e. The van der Waals surface area contributed by atoms with E-state index in [2.05, 4.69) is 57.5 Å². The molecule has 0 spiro atoms. The van der Waals surface area contributed by atoms with Gasteiger partial charge in [-0.15, -0.1) is 24.0 Å². The summed E-state index contributed by atoms with van der Waals surface area (Å²) in [7, 11) is 1.78. The fourth-order valence-corrected chi connectivity index (χ4v) is 1.97. The Morgan fingerprint density at radius 1 is 1.23 bits per heavy atom. The SMILES string of the molecule is CN=C(NCCCOCC(C)C)NCc1ccc(Br)cc1.I. The van der Waals surface area contributed by atoms with Gasteiger partial charge in [-0.25, -0.2) is 0 Å². The number of hydrogen-bond donors (Lipinski definition) is 2. The van der Waals surface area contributed by atoms with Crippen LogP contribution < -0.4 is 10.6 Å². The smallest absolute Gasteiger partial charge is 0.191 e. The number of halogens is 2. The molecule has 2 N–H and O–H groups in total. The summed E-state index contributed by atoms with van der Waals surface area (Å²) in [4.78, 5) is 4.21. The Balaban J connectivity index is 0.00000441. The van der Waals surface area contributed by atoms with Gasteiger partial charge in [-0.1, -0.05) is 41.9 Å². The number of nitrogens with zero attached hydrogens (tertiary/aromatic N) is 1. The van der Waals surface area contributed by atoms with E-state index in [0.717, 1.165) is 43.2 Å². The van der Waals surface area contributed by atoms with Gasteiger partial charge in [0.15, 0.2) is 5.96 Å². The molecule has 0 unspecified atom stereocenters. The number of benzene rings is 1. The molecule has 0 fully saturated rings. The molecule has 0 heterocycles. The second kappa shape index (κ2) is 13.1. The summed E-state index contributed by atoms with van der Waals surface area (Å²) < 4.78 is 6.64. The molecule has 126 valence electrons. The standard InChI is InChI=1S/C16H26BrN3O.HI/c1-13(2)12-21-10-4-9-19-16(18-3)20-11-14-5-7-15(17)8-6-14;/h5-8,13H,4,9-12H2,1-3H3,(H2,18,19,20);1H. The Kier molecular flexibility index (Phi) is 12.9. The average Bonchev–Trinajstić information content (AvgIpc) is 2.47. The normalized spacial score (nSPS) is 11.2. The van der Waals surface area contributed by atoms with E-state index < -0.39 is 0 Å². The molecule has 0 radical (unpaired) electrons. The highest BCUT2D eigenvalue weighted by molar-refractivity contribution is 14.0. The van der Waals surface area contributed by atoms with Crippen LogP contribution in [0.25, 0.3) is 0 Å². The molecule has 0 atom stereocenters. The van der Waals surface area contributed by atoms with Crippen molar-refractivity contribution in [1.29, 1.82) is 0 Å². The molecule has 1 aromatic rings. The lowest BCUT2D eigenvalue weighted by atomic mass is 10.2. The van der Waals surface area contributed by atoms with E-state index in [1.807, 2.05) is 12.1 Å². The van der Waals surface area contributed by atoms with Crippen LogP contribution in [0.15, 0.2) is 33.7 Å². The van der Waals surface area contributed by atoms with E-state index in [4.69, 9.17) is 4.74 Å². The van der Waals surface area contributed by atoms with Gasteiger partial charge in [-0.2, -0.15) is 0 Å². The van der Waals surface area contributed by atoms with Crippen LogP contribution in [0, 0.1) is 5.92 Å². The second-order valence-electron chi connectivity index (χ2n) is 5.30. The van der Waals surface area contributed by atoms with Gasteiger partial charge in [0.1, 0.15) is 0 Å². The minimum Gasteiger partial charge on any atom is -0.381 e. The lowest BCUT2D eigenvalue weighted by Gasteiger charge is -2.12. The third-order valence-corrected chi connectivity index (χ3v) is 3.33. The summed E-state index contributed by atoms with van der Waals surface area (Å²) >= 11 is 3.43. The first-order chi connectivity index (χ1) is 10.1. The van der Waals surface area contributed by atoms with E-state index in [-0.39, 0.29) is 24.0 Å². The topological polar surface area (TPSA) is 45.7 Å². The molecule has 0 bridgehead atoms. The quantitative estimate of drug-likeness (QED) is 0.256. The molecule has 0 aliphatic heterocycles. The number of guanidine groups is 1. The summed E-state index contributed by atoms with van der Waals surface area (Å²) in [6, 6.07) is 8.26. The minimum atomic E-state index is 0. The summed E-state index contributed by atoms with van der Waals surface area (Å²) in [5.41, 5.74) is 1.22. The monoisotopic (exact) mass is 483 g/mol. The predicted molar refractivity (Wildman–Crippen MR) is 108 cm³/mol. The van der Waals surface area contributed by atoms with Gasteiger partial charge in [0.25, 0.3) is 0 Å². The van der Waals surface area contributed by atoms with Crippen molar-refractivity contribution in [3.63, 3.8) is 0 Å². The van der Waals surface area contributed by atoms with Crippen LogP contribution in [-0.2, 0) is 11.3 Å². The van der Waals surface area contributed by atoms with Gasteiger partial charge in [-0.05, 0) is 30.0 Å². The van der Waals surface area contributed by atoms with Crippen LogP contribution in [0.2, 0.25) is 0 Å². The van der Waals surface area contributed by atoms with E-state index in [9.17, 15) is 0 Å². The molecule has 0 saturated carbocycles. The van der Waals surface area contributed by atoms with Gasteiger partial charge in [0.05, 0.1) is 0 Å². The van der Waals surface area contributed by atoms with Crippen molar-refractivity contribution in [3.8, 4) is 0 Å². The average molecular weight is 484 g/mol. The van der Waals surface area contributed by atoms with E-state index >= 15 is 0 Å². The first-order valence-electron chi connectivity index (χ1n) is 7.38. The van der Waals surface area contributed by atoms with Crippen LogP contribution in [0.5, 0.6) is 0 Å². The summed E-state index contributed by atoms with van der Waals surface area (Å²) in [6.07, 6.45) is 0.978. The molecule has 1 rings (SSSR count). The van der Waals surface area contributed by atoms with Gasteiger partial charge in [0.2, 0.25) is 0 Å². The van der Waals surface area contributed by atoms with Crippen LogP contribution in [-0.4, -0.2) is 32.8 Å². The molecule has 0 amide bonds. The molecule has 4 nitrogen and oxygen atoms in total. The fourth-order valence-electron chi connectivity index (χ4n) is 1.71. The molecular formula is C16H27BrIN3O. The van der Waals surface area contributed by atoms with Crippen molar-refractivity contribution in [2.24, 2.45) is 10.9 Å². The molecule has 0 aliphatic rings. The Morgan fingerprint density at radius 2 is 1.91 bits per heavy atom. The first-order valence-corrected chi connectivity index (χ1v) is 8.18. The lowest BCUT2D eigenvalue weighted by molar-refractivity contribution is 0.108. The maximum Gasteiger partial charge on any atom is 0.191 e. The molecule has 0 saturated heterocycles. The fraction of sp³-hybridized carbons (Fsp3) is 0.562. The Bertz CT molecular complexity index is 424. The zero-order valence-electron chi connectivity index (χ0n) is 13.6. The third-order valence-electron chi connectivity index (χ3n) is 2.81. The van der Waals surface area contributed by atoms with Crippen LogP contribution >= 0.6 is 39.9 Å². The van der Waals surface area contributed by atoms with E-state index in [1.165, 1.54) is 5.56 Å². The van der Waals surface area contributed by atoms with Crippen molar-refractivity contribution in [3.05, 3.63) is 34.3 Å². The van der Waals surface area contributed by atoms with Crippen molar-refractivity contribution < 1.29 is 4.74 Å². The highest BCUT2D eigenvalue weighted by Gasteiger charge is 1.99. The summed E-state index contributed by atoms with van der Waals surface area (Å²) in [6.45, 7) is 7.55. The van der Waals surface area contributed by atoms with Crippen LogP contribution in [0.3, 0.4) is 0 Å². The lowest BCUT2D eigenvalue weighted by Crippen LogP contribution is -2.37. The molecule has 1 aromatic carbocycles. The number of ether oxygens (including phenoxy) is 1. The van der Waals surface area contributed by atoms with Gasteiger partial charge >= 0.3 is 0 Å². The van der Waals surface area contributed by atoms with E-state index in [1.54, 1.807) is 7.05 Å². The summed E-state index contributed by atoms with van der Waals surface area (Å²) in [5, 5.41) is 6.59. The van der Waals surface area contributed by atoms with Crippen molar-refractivity contribution in [2.45, 2.75) is 26.8 Å². The van der Waals surface area contributed by atoms with Crippen molar-refractivity contribution in [1.82, 2.24) is 10.6 Å². The first kappa shape index (κ1) is 21.7. The van der Waals surface area contributed by atoms with Gasteiger partial charge in [0, 0.05) is 37.8 Å². The molecule has 6 heteroatoms. The van der Waals surface area contributed by atoms with Crippen molar-refractivity contribution in [2.75, 3.05) is 26.8 Å². The number of aliphatic imine (C=N–C) groups is 1. The molecule has 0 aliphatic carbocycles. The Hall–Kier alpha value is -0.340. The highest BCUT2D eigenvalue weighted by atomic mass is 127. The third kappa shape index (κ3) is 10.4. The predicted octanol–water partition coefficient (Wildman–Crippen LogP) is 3.79. The Labute approximate surface area is 159 Å². The molecule has 0 aromatic heterocycles. The van der Waals surface area contributed by atoms with E-state index in [0.29, 0.717) is 5.92 Å². The Morgan fingerprint density at radius 3 is 2.50 bits per heavy atom. The van der Waals surface area contributed by atoms with Gasteiger partial charge < -0.3 is 15.4 Å². The minimum absolute atomic E-state index is 0. The second-order valence-corrected chi connectivity index (χ2v) is 6.22. The summed E-state index contributed by atoms with van der Waals surface area (Å²) in [5.74, 6) is 1.42. The van der Waals surface area contributed by atoms with Gasteiger partial charge in [-0.3, -0.25) is 4.99 Å². The number of hydrogen-bond acceptors (Lipinski definition) is 2. The van der Waals surface area contributed by atoms with Crippen molar-refractivity contribution >= 4 is 45.9 Å². The van der Waals surface area contributed by atoms with Crippen LogP contribution in [0.4, 0.5) is 0 Å². The molecule has 22 heavy (non-hydrogen) atoms. The number of rotatable bonds is 8.